The minimum Gasteiger partial charge on any atom is -0.467 e. The van der Waals surface area contributed by atoms with Gasteiger partial charge in [-0.3, -0.25) is 19.8 Å². The average Bonchev–Trinajstić information content (AvgIpc) is 3.35. The number of nitrogens with zero attached hydrogens (tertiary/aromatic N) is 3. The molecule has 4 rings (SSSR count). The minimum absolute atomic E-state index is 0.0793. The summed E-state index contributed by atoms with van der Waals surface area (Å²) in [5.74, 6) is 0.258. The zero-order chi connectivity index (χ0) is 20.5. The maximum Gasteiger partial charge on any atom is 0.269 e. The van der Waals surface area contributed by atoms with Gasteiger partial charge in [0.05, 0.1) is 27.9 Å². The van der Waals surface area contributed by atoms with Gasteiger partial charge in [0.15, 0.2) is 5.13 Å². The fraction of sp³-hybridized carbons (Fsp3) is 0.100. The van der Waals surface area contributed by atoms with Gasteiger partial charge in [-0.15, -0.1) is 0 Å². The van der Waals surface area contributed by atoms with Crippen molar-refractivity contribution in [1.29, 1.82) is 0 Å². The van der Waals surface area contributed by atoms with E-state index >= 15 is 0 Å². The monoisotopic (exact) mass is 427 g/mol. The number of carbonyl (C=O) groups is 1. The first-order valence-corrected chi connectivity index (χ1v) is 9.77. The van der Waals surface area contributed by atoms with Gasteiger partial charge in [0, 0.05) is 22.7 Å². The molecule has 2 heterocycles. The molecular weight excluding hydrogens is 414 g/mol. The van der Waals surface area contributed by atoms with Gasteiger partial charge in [0.2, 0.25) is 0 Å². The number of nitro groups is 1. The number of furan rings is 1. The number of benzene rings is 2. The molecule has 7 nitrogen and oxygen atoms in total. The lowest BCUT2D eigenvalue weighted by atomic mass is 10.2. The van der Waals surface area contributed by atoms with Crippen molar-refractivity contribution in [2.75, 3.05) is 4.90 Å². The molecule has 29 heavy (non-hydrogen) atoms. The number of hydrogen-bond donors (Lipinski definition) is 0. The number of non-ortho nitro benzene ring substituents is 1. The van der Waals surface area contributed by atoms with Crippen LogP contribution in [0.3, 0.4) is 0 Å². The average molecular weight is 428 g/mol. The Bertz CT molecular complexity index is 1200. The number of aryl methyl sites for hydroxylation is 1. The number of rotatable bonds is 5. The van der Waals surface area contributed by atoms with Crippen molar-refractivity contribution < 1.29 is 14.1 Å². The maximum absolute atomic E-state index is 13.2. The largest absolute Gasteiger partial charge is 0.467 e. The summed E-state index contributed by atoms with van der Waals surface area (Å²) in [7, 11) is 0. The molecule has 0 saturated heterocycles. The number of hydrogen-bond acceptors (Lipinski definition) is 6. The summed E-state index contributed by atoms with van der Waals surface area (Å²) < 4.78 is 6.28. The van der Waals surface area contributed by atoms with E-state index in [0.717, 1.165) is 15.8 Å². The number of halogens is 1. The van der Waals surface area contributed by atoms with E-state index in [9.17, 15) is 14.9 Å². The Hall–Kier alpha value is -3.23. The van der Waals surface area contributed by atoms with E-state index in [-0.39, 0.29) is 18.1 Å². The molecule has 2 aromatic heterocycles. The molecule has 0 aliphatic heterocycles. The van der Waals surface area contributed by atoms with Crippen molar-refractivity contribution in [3.8, 4) is 0 Å². The van der Waals surface area contributed by atoms with Crippen LogP contribution in [0.5, 0.6) is 0 Å². The van der Waals surface area contributed by atoms with Gasteiger partial charge >= 0.3 is 0 Å². The molecule has 9 heteroatoms. The van der Waals surface area contributed by atoms with Gasteiger partial charge in [0.25, 0.3) is 11.6 Å². The number of fused-ring (bicyclic) bond motifs is 1. The van der Waals surface area contributed by atoms with Crippen LogP contribution in [0.2, 0.25) is 5.02 Å². The lowest BCUT2D eigenvalue weighted by Gasteiger charge is -2.18. The van der Waals surface area contributed by atoms with E-state index in [1.54, 1.807) is 12.1 Å². The van der Waals surface area contributed by atoms with E-state index in [1.165, 1.54) is 46.8 Å². The molecule has 0 bridgehead atoms. The molecule has 0 fully saturated rings. The van der Waals surface area contributed by atoms with Crippen LogP contribution in [-0.2, 0) is 6.54 Å². The number of nitro benzene ring substituents is 1. The number of aromatic nitrogens is 1. The molecular formula is C20H14ClN3O4S. The predicted octanol–water partition coefficient (Wildman–Crippen LogP) is 5.61. The molecule has 0 saturated carbocycles. The van der Waals surface area contributed by atoms with Crippen molar-refractivity contribution in [1.82, 2.24) is 4.98 Å². The van der Waals surface area contributed by atoms with Crippen molar-refractivity contribution in [2.45, 2.75) is 13.5 Å². The summed E-state index contributed by atoms with van der Waals surface area (Å²) in [5.41, 5.74) is 1.92. The molecule has 2 aromatic carbocycles. The Morgan fingerprint density at radius 1 is 1.28 bits per heavy atom. The summed E-state index contributed by atoms with van der Waals surface area (Å²) in [6.45, 7) is 2.09. The molecule has 0 spiro atoms. The number of amides is 1. The van der Waals surface area contributed by atoms with Crippen LogP contribution in [-0.4, -0.2) is 15.8 Å². The Labute approximate surface area is 174 Å². The van der Waals surface area contributed by atoms with Crippen LogP contribution in [0.4, 0.5) is 10.8 Å². The van der Waals surface area contributed by atoms with Gasteiger partial charge in [0.1, 0.15) is 5.76 Å². The van der Waals surface area contributed by atoms with Crippen LogP contribution in [0.15, 0.2) is 59.2 Å². The van der Waals surface area contributed by atoms with Crippen LogP contribution in [0.1, 0.15) is 21.7 Å². The highest BCUT2D eigenvalue weighted by Gasteiger charge is 2.24. The van der Waals surface area contributed by atoms with Gasteiger partial charge in [-0.1, -0.05) is 22.9 Å². The first-order chi connectivity index (χ1) is 13.9. The SMILES string of the molecule is Cc1cc(Cl)cc2sc(N(Cc3ccco3)C(=O)c3ccc([N+](=O)[O-])cc3)nc12. The fourth-order valence-electron chi connectivity index (χ4n) is 2.92. The molecule has 0 radical (unpaired) electrons. The number of thiazole rings is 1. The molecule has 0 unspecified atom stereocenters. The Morgan fingerprint density at radius 3 is 2.69 bits per heavy atom. The first kappa shape index (κ1) is 19.1. The second-order valence-electron chi connectivity index (χ2n) is 6.34. The van der Waals surface area contributed by atoms with E-state index in [0.29, 0.717) is 21.5 Å². The summed E-state index contributed by atoms with van der Waals surface area (Å²) in [5, 5.41) is 12.0. The zero-order valence-electron chi connectivity index (χ0n) is 15.2. The van der Waals surface area contributed by atoms with Crippen LogP contribution >= 0.6 is 22.9 Å². The first-order valence-electron chi connectivity index (χ1n) is 8.58. The molecule has 0 aliphatic carbocycles. The third-order valence-corrected chi connectivity index (χ3v) is 5.58. The van der Waals surface area contributed by atoms with Gasteiger partial charge in [-0.2, -0.15) is 0 Å². The van der Waals surface area contributed by atoms with Crippen LogP contribution in [0, 0.1) is 17.0 Å². The van der Waals surface area contributed by atoms with Crippen LogP contribution < -0.4 is 4.90 Å². The quantitative estimate of drug-likeness (QED) is 0.305. The summed E-state index contributed by atoms with van der Waals surface area (Å²) >= 11 is 7.50. The number of carbonyl (C=O) groups excluding carboxylic acids is 1. The molecule has 0 atom stereocenters. The molecule has 4 aromatic rings. The van der Waals surface area contributed by atoms with Crippen molar-refractivity contribution in [3.05, 3.63) is 86.8 Å². The lowest BCUT2D eigenvalue weighted by Crippen LogP contribution is -2.30. The van der Waals surface area contributed by atoms with Gasteiger partial charge in [-0.25, -0.2) is 4.98 Å². The van der Waals surface area contributed by atoms with Crippen molar-refractivity contribution in [3.63, 3.8) is 0 Å². The van der Waals surface area contributed by atoms with Crippen molar-refractivity contribution >= 4 is 49.9 Å². The second kappa shape index (κ2) is 7.65. The highest BCUT2D eigenvalue weighted by Crippen LogP contribution is 2.34. The summed E-state index contributed by atoms with van der Waals surface area (Å²) in [6, 6.07) is 12.6. The van der Waals surface area contributed by atoms with Crippen molar-refractivity contribution in [2.24, 2.45) is 0 Å². The zero-order valence-corrected chi connectivity index (χ0v) is 16.7. The third-order valence-electron chi connectivity index (χ3n) is 4.33. The van der Waals surface area contributed by atoms with E-state index in [2.05, 4.69) is 4.98 Å². The van der Waals surface area contributed by atoms with E-state index in [4.69, 9.17) is 16.0 Å². The Morgan fingerprint density at radius 2 is 2.03 bits per heavy atom. The second-order valence-corrected chi connectivity index (χ2v) is 7.79. The van der Waals surface area contributed by atoms with Gasteiger partial charge < -0.3 is 4.42 Å². The summed E-state index contributed by atoms with van der Waals surface area (Å²) in [4.78, 5) is 29.8. The molecule has 0 N–H and O–H groups in total. The predicted molar refractivity (Wildman–Crippen MR) is 112 cm³/mol. The van der Waals surface area contributed by atoms with E-state index < -0.39 is 4.92 Å². The fourth-order valence-corrected chi connectivity index (χ4v) is 4.34. The summed E-state index contributed by atoms with van der Waals surface area (Å²) in [6.07, 6.45) is 1.53. The molecule has 146 valence electrons. The Kier molecular flexibility index (Phi) is 5.04. The standard InChI is InChI=1S/C20H14ClN3O4S/c1-12-9-14(21)10-17-18(12)22-20(29-17)23(11-16-3-2-8-28-16)19(25)13-4-6-15(7-5-13)24(26)27/h2-10H,11H2,1H3. The smallest absolute Gasteiger partial charge is 0.269 e. The molecule has 1 amide bonds. The van der Waals surface area contributed by atoms with E-state index in [1.807, 2.05) is 19.1 Å². The highest BCUT2D eigenvalue weighted by atomic mass is 35.5. The lowest BCUT2D eigenvalue weighted by molar-refractivity contribution is -0.384. The normalized spacial score (nSPS) is 11.0. The highest BCUT2D eigenvalue weighted by molar-refractivity contribution is 7.22. The topological polar surface area (TPSA) is 89.5 Å². The maximum atomic E-state index is 13.2. The van der Waals surface area contributed by atoms with Gasteiger partial charge in [-0.05, 0) is 48.9 Å². The molecule has 0 aliphatic rings. The third kappa shape index (κ3) is 3.85. The minimum atomic E-state index is -0.505. The van der Waals surface area contributed by atoms with Crippen LogP contribution in [0.25, 0.3) is 10.2 Å². The Balaban J connectivity index is 1.76. The number of anilines is 1.